The van der Waals surface area contributed by atoms with Gasteiger partial charge in [0, 0.05) is 44.5 Å². The summed E-state index contributed by atoms with van der Waals surface area (Å²) in [5, 5.41) is 0. The highest BCUT2D eigenvalue weighted by molar-refractivity contribution is 6.05. The van der Waals surface area contributed by atoms with E-state index in [2.05, 4.69) is 0 Å². The van der Waals surface area contributed by atoms with Crippen LogP contribution in [0.5, 0.6) is 0 Å². The molecule has 3 aliphatic rings. The summed E-state index contributed by atoms with van der Waals surface area (Å²) < 4.78 is 0. The van der Waals surface area contributed by atoms with E-state index in [-0.39, 0.29) is 30.4 Å². The zero-order valence-electron chi connectivity index (χ0n) is 16.6. The van der Waals surface area contributed by atoms with Crippen molar-refractivity contribution in [3.63, 3.8) is 0 Å². The molecule has 0 aromatic heterocycles. The Bertz CT molecular complexity index is 770. The third-order valence-corrected chi connectivity index (χ3v) is 6.21. The maximum absolute atomic E-state index is 13.0. The summed E-state index contributed by atoms with van der Waals surface area (Å²) in [7, 11) is 3.91. The Hall–Kier alpha value is -2.57. The molecule has 3 fully saturated rings. The molecule has 0 N–H and O–H groups in total. The van der Waals surface area contributed by atoms with Gasteiger partial charge in [-0.2, -0.15) is 0 Å². The number of urea groups is 1. The maximum Gasteiger partial charge on any atom is 0.327 e. The third-order valence-electron chi connectivity index (χ3n) is 6.21. The molecule has 150 valence electrons. The number of fused-ring (bicyclic) bond motifs is 1. The van der Waals surface area contributed by atoms with E-state index < -0.39 is 6.04 Å². The van der Waals surface area contributed by atoms with Crippen molar-refractivity contribution in [2.24, 2.45) is 0 Å². The molecule has 2 aliphatic heterocycles. The fourth-order valence-corrected chi connectivity index (χ4v) is 4.56. The molecule has 0 unspecified atom stereocenters. The predicted molar refractivity (Wildman–Crippen MR) is 106 cm³/mol. The Balaban J connectivity index is 1.47. The number of carbonyl (C=O) groups is 3. The van der Waals surface area contributed by atoms with Gasteiger partial charge in [-0.1, -0.05) is 19.3 Å². The van der Waals surface area contributed by atoms with Gasteiger partial charge in [-0.25, -0.2) is 4.79 Å². The third kappa shape index (κ3) is 3.23. The van der Waals surface area contributed by atoms with Crippen LogP contribution in [0.2, 0.25) is 0 Å². The standard InChI is InChI=1S/C21H28N4O3/c1-22(2)16-10-8-15(9-11-16)19(26)23-12-13-24-18(14-23)20(27)25(21(24)28)17-6-4-3-5-7-17/h8-11,17-18H,3-7,12-14H2,1-2H3/t18-/m0/s1. The van der Waals surface area contributed by atoms with Crippen LogP contribution in [-0.4, -0.2) is 78.4 Å². The van der Waals surface area contributed by atoms with Gasteiger partial charge >= 0.3 is 6.03 Å². The number of hydrogen-bond donors (Lipinski definition) is 0. The number of rotatable bonds is 3. The Morgan fingerprint density at radius 1 is 1.00 bits per heavy atom. The molecular weight excluding hydrogens is 356 g/mol. The lowest BCUT2D eigenvalue weighted by Gasteiger charge is -2.35. The Morgan fingerprint density at radius 3 is 2.32 bits per heavy atom. The minimum Gasteiger partial charge on any atom is -0.378 e. The Kier molecular flexibility index (Phi) is 5.00. The van der Waals surface area contributed by atoms with Crippen molar-refractivity contribution < 1.29 is 14.4 Å². The molecule has 4 amide bonds. The first-order valence-electron chi connectivity index (χ1n) is 10.2. The average molecular weight is 384 g/mol. The number of imide groups is 1. The van der Waals surface area contributed by atoms with Gasteiger partial charge in [0.25, 0.3) is 11.8 Å². The second-order valence-electron chi connectivity index (χ2n) is 8.18. The van der Waals surface area contributed by atoms with E-state index >= 15 is 0 Å². The average Bonchev–Trinajstić information content (AvgIpc) is 2.98. The van der Waals surface area contributed by atoms with Crippen LogP contribution in [0.25, 0.3) is 0 Å². The van der Waals surface area contributed by atoms with Crippen LogP contribution in [0.1, 0.15) is 42.5 Å². The van der Waals surface area contributed by atoms with E-state index in [0.717, 1.165) is 31.4 Å². The number of amides is 4. The van der Waals surface area contributed by atoms with Crippen molar-refractivity contribution in [2.75, 3.05) is 38.6 Å². The van der Waals surface area contributed by atoms with Crippen molar-refractivity contribution >= 4 is 23.5 Å². The molecule has 2 saturated heterocycles. The number of carbonyl (C=O) groups excluding carboxylic acids is 3. The molecule has 0 radical (unpaired) electrons. The first-order chi connectivity index (χ1) is 13.5. The van der Waals surface area contributed by atoms with Crippen LogP contribution in [-0.2, 0) is 4.79 Å². The molecule has 1 aromatic rings. The van der Waals surface area contributed by atoms with E-state index in [9.17, 15) is 14.4 Å². The predicted octanol–water partition coefficient (Wildman–Crippen LogP) is 2.17. The van der Waals surface area contributed by atoms with E-state index in [1.165, 1.54) is 11.3 Å². The van der Waals surface area contributed by atoms with Crippen LogP contribution in [0.4, 0.5) is 10.5 Å². The highest BCUT2D eigenvalue weighted by Gasteiger charge is 2.50. The lowest BCUT2D eigenvalue weighted by atomic mass is 9.94. The normalized spacial score (nSPS) is 23.2. The van der Waals surface area contributed by atoms with Crippen molar-refractivity contribution in [1.29, 1.82) is 0 Å². The smallest absolute Gasteiger partial charge is 0.327 e. The fourth-order valence-electron chi connectivity index (χ4n) is 4.56. The van der Waals surface area contributed by atoms with Crippen LogP contribution in [0, 0.1) is 0 Å². The second kappa shape index (κ2) is 7.45. The first-order valence-corrected chi connectivity index (χ1v) is 10.2. The van der Waals surface area contributed by atoms with Crippen LogP contribution < -0.4 is 4.90 Å². The number of piperazine rings is 1. The van der Waals surface area contributed by atoms with E-state index in [1.54, 1.807) is 9.80 Å². The number of anilines is 1. The molecule has 1 atom stereocenters. The van der Waals surface area contributed by atoms with Gasteiger partial charge in [0.05, 0.1) is 6.54 Å². The fraction of sp³-hybridized carbons (Fsp3) is 0.571. The van der Waals surface area contributed by atoms with Crippen molar-refractivity contribution in [3.05, 3.63) is 29.8 Å². The van der Waals surface area contributed by atoms with E-state index in [1.807, 2.05) is 43.3 Å². The first kappa shape index (κ1) is 18.8. The van der Waals surface area contributed by atoms with Gasteiger partial charge in [-0.3, -0.25) is 14.5 Å². The molecule has 1 aliphatic carbocycles. The maximum atomic E-state index is 13.0. The molecule has 2 heterocycles. The van der Waals surface area contributed by atoms with Crippen LogP contribution in [0.3, 0.4) is 0 Å². The molecule has 28 heavy (non-hydrogen) atoms. The molecule has 1 aromatic carbocycles. The highest BCUT2D eigenvalue weighted by atomic mass is 16.2. The monoisotopic (exact) mass is 384 g/mol. The summed E-state index contributed by atoms with van der Waals surface area (Å²) in [4.78, 5) is 45.6. The van der Waals surface area contributed by atoms with Crippen molar-refractivity contribution in [1.82, 2.24) is 14.7 Å². The molecule has 7 nitrogen and oxygen atoms in total. The molecule has 7 heteroatoms. The summed E-state index contributed by atoms with van der Waals surface area (Å²) in [6.45, 7) is 1.16. The lowest BCUT2D eigenvalue weighted by Crippen LogP contribution is -2.54. The van der Waals surface area contributed by atoms with Gasteiger partial charge in [-0.15, -0.1) is 0 Å². The topological polar surface area (TPSA) is 64.2 Å². The minimum atomic E-state index is -0.534. The summed E-state index contributed by atoms with van der Waals surface area (Å²) >= 11 is 0. The number of nitrogens with zero attached hydrogens (tertiary/aromatic N) is 4. The summed E-state index contributed by atoms with van der Waals surface area (Å²) in [5.74, 6) is -0.210. The SMILES string of the molecule is CN(C)c1ccc(C(=O)N2CCN3C(=O)N(C4CCCCC4)C(=O)[C@@H]3C2)cc1. The zero-order valence-corrected chi connectivity index (χ0v) is 16.6. The molecule has 0 spiro atoms. The van der Waals surface area contributed by atoms with Gasteiger partial charge in [0.1, 0.15) is 6.04 Å². The summed E-state index contributed by atoms with van der Waals surface area (Å²) in [6.07, 6.45) is 5.12. The number of benzene rings is 1. The van der Waals surface area contributed by atoms with Gasteiger partial charge in [-0.05, 0) is 37.1 Å². The summed E-state index contributed by atoms with van der Waals surface area (Å²) in [5.41, 5.74) is 1.64. The van der Waals surface area contributed by atoms with Gasteiger partial charge in [0.15, 0.2) is 0 Å². The van der Waals surface area contributed by atoms with Gasteiger partial charge in [0.2, 0.25) is 0 Å². The minimum absolute atomic E-state index is 0.0297. The van der Waals surface area contributed by atoms with E-state index in [4.69, 9.17) is 0 Å². The molecule has 1 saturated carbocycles. The quantitative estimate of drug-likeness (QED) is 0.750. The van der Waals surface area contributed by atoms with Crippen molar-refractivity contribution in [2.45, 2.75) is 44.2 Å². The Morgan fingerprint density at radius 2 is 1.68 bits per heavy atom. The van der Waals surface area contributed by atoms with Crippen LogP contribution in [0.15, 0.2) is 24.3 Å². The zero-order chi connectivity index (χ0) is 19.8. The summed E-state index contributed by atoms with van der Waals surface area (Å²) in [6, 6.07) is 6.80. The Labute approximate surface area is 165 Å². The molecule has 4 rings (SSSR count). The largest absolute Gasteiger partial charge is 0.378 e. The van der Waals surface area contributed by atoms with E-state index in [0.29, 0.717) is 18.7 Å². The van der Waals surface area contributed by atoms with Crippen LogP contribution >= 0.6 is 0 Å². The van der Waals surface area contributed by atoms with Gasteiger partial charge < -0.3 is 14.7 Å². The number of hydrogen-bond acceptors (Lipinski definition) is 4. The van der Waals surface area contributed by atoms with Crippen molar-refractivity contribution in [3.8, 4) is 0 Å². The highest BCUT2D eigenvalue weighted by Crippen LogP contribution is 2.30. The lowest BCUT2D eigenvalue weighted by molar-refractivity contribution is -0.131. The second-order valence-corrected chi connectivity index (χ2v) is 8.18. The molecule has 0 bridgehead atoms. The molecular formula is C21H28N4O3.